The molecule has 1 heterocycles. The Hall–Kier alpha value is -0.465. The van der Waals surface area contributed by atoms with E-state index in [-0.39, 0.29) is 5.92 Å². The number of rotatable bonds is 1. The smallest absolute Gasteiger partial charge is 0.224 e. The molecule has 0 aliphatic carbocycles. The van der Waals surface area contributed by atoms with Gasteiger partial charge in [0.05, 0.1) is 0 Å². The number of carbonyl (C=O) groups is 1. The van der Waals surface area contributed by atoms with Crippen LogP contribution in [0.15, 0.2) is 0 Å². The molecule has 0 N–H and O–H groups in total. The van der Waals surface area contributed by atoms with Gasteiger partial charge < -0.3 is 4.90 Å². The largest absolute Gasteiger partial charge is 0.351 e. The van der Waals surface area contributed by atoms with Gasteiger partial charge in [-0.25, -0.2) is 0 Å². The number of nitrogens with zero attached hydrogens (tertiary/aromatic N) is 1. The second-order valence-electron chi connectivity index (χ2n) is 2.61. The second-order valence-corrected chi connectivity index (χ2v) is 2.61. The highest BCUT2D eigenvalue weighted by molar-refractivity contribution is 6.10. The van der Waals surface area contributed by atoms with Crippen molar-refractivity contribution in [2.24, 2.45) is 5.92 Å². The molecular weight excluding hydrogens is 113 g/mol. The van der Waals surface area contributed by atoms with Gasteiger partial charge in [-0.3, -0.25) is 4.79 Å². The second kappa shape index (κ2) is 2.42. The van der Waals surface area contributed by atoms with E-state index in [1.165, 1.54) is 0 Å². The van der Waals surface area contributed by atoms with Crippen molar-refractivity contribution in [2.45, 2.75) is 13.3 Å². The van der Waals surface area contributed by atoms with Gasteiger partial charge in [-0.15, -0.1) is 0 Å². The number of carbonyl (C=O) groups excluding carboxylic acids is 1. The van der Waals surface area contributed by atoms with Crippen LogP contribution in [0.1, 0.15) is 13.3 Å². The summed E-state index contributed by atoms with van der Waals surface area (Å²) in [5.74, 6) is 0.613. The molecule has 1 aliphatic heterocycles. The minimum absolute atomic E-state index is 0.282. The summed E-state index contributed by atoms with van der Waals surface area (Å²) in [7, 11) is 2.02. The zero-order chi connectivity index (χ0) is 6.85. The molecule has 0 bridgehead atoms. The van der Waals surface area contributed by atoms with Crippen LogP contribution in [0.3, 0.4) is 0 Å². The Balaban J connectivity index is 2.51. The summed E-state index contributed by atoms with van der Waals surface area (Å²) in [5, 5.41) is 0. The van der Waals surface area contributed by atoms with Gasteiger partial charge in [0.1, 0.15) is 7.85 Å². The molecule has 1 amide bonds. The van der Waals surface area contributed by atoms with Gasteiger partial charge in [0.2, 0.25) is 5.91 Å². The molecule has 0 saturated carbocycles. The highest BCUT2D eigenvalue weighted by Gasteiger charge is 2.25. The molecule has 0 aromatic heterocycles. The highest BCUT2D eigenvalue weighted by Crippen LogP contribution is 2.15. The average Bonchev–Trinajstić information content (AvgIpc) is 2.15. The van der Waals surface area contributed by atoms with Gasteiger partial charge in [-0.2, -0.15) is 0 Å². The van der Waals surface area contributed by atoms with E-state index >= 15 is 0 Å². The molecule has 0 aromatic carbocycles. The van der Waals surface area contributed by atoms with Crippen LogP contribution in [0.5, 0.6) is 0 Å². The first-order valence-corrected chi connectivity index (χ1v) is 3.54. The predicted octanol–water partition coefficient (Wildman–Crippen LogP) is -0.555. The number of likely N-dealkylation sites (tertiary alicyclic amines) is 1. The van der Waals surface area contributed by atoms with E-state index in [1.807, 2.05) is 19.7 Å². The fourth-order valence-electron chi connectivity index (χ4n) is 1.21. The summed E-state index contributed by atoms with van der Waals surface area (Å²) in [6, 6.07) is 0. The summed E-state index contributed by atoms with van der Waals surface area (Å²) in [6.45, 7) is 2.97. The lowest BCUT2D eigenvalue weighted by atomic mass is 10.1. The predicted molar refractivity (Wildman–Crippen MR) is 38.9 cm³/mol. The number of hydrogen-bond acceptors (Lipinski definition) is 1. The standard InChI is InChI=1S/C6H12BNO/c1-5-2-3-8(4-7)6(5)9/h5H,2-4,7H2,1H3. The zero-order valence-corrected chi connectivity index (χ0v) is 6.05. The quantitative estimate of drug-likeness (QED) is 0.430. The molecule has 1 fully saturated rings. The van der Waals surface area contributed by atoms with Gasteiger partial charge in [0.15, 0.2) is 0 Å². The molecule has 1 aliphatic rings. The Morgan fingerprint density at radius 3 is 2.78 bits per heavy atom. The van der Waals surface area contributed by atoms with E-state index in [0.29, 0.717) is 5.91 Å². The van der Waals surface area contributed by atoms with E-state index in [1.54, 1.807) is 0 Å². The van der Waals surface area contributed by atoms with Gasteiger partial charge in [-0.05, 0) is 12.9 Å². The maximum atomic E-state index is 11.1. The van der Waals surface area contributed by atoms with Crippen molar-refractivity contribution >= 4 is 13.8 Å². The molecule has 2 nitrogen and oxygen atoms in total. The van der Waals surface area contributed by atoms with E-state index in [9.17, 15) is 4.79 Å². The summed E-state index contributed by atoms with van der Waals surface area (Å²) in [6.07, 6.45) is 1.93. The van der Waals surface area contributed by atoms with Gasteiger partial charge in [-0.1, -0.05) is 6.92 Å². The molecule has 50 valence electrons. The molecule has 9 heavy (non-hydrogen) atoms. The normalized spacial score (nSPS) is 27.4. The maximum Gasteiger partial charge on any atom is 0.224 e. The van der Waals surface area contributed by atoms with E-state index in [4.69, 9.17) is 0 Å². The molecule has 1 unspecified atom stereocenters. The molecule has 0 radical (unpaired) electrons. The molecule has 0 aromatic rings. The van der Waals surface area contributed by atoms with Crippen LogP contribution < -0.4 is 0 Å². The Morgan fingerprint density at radius 1 is 1.89 bits per heavy atom. The molecule has 3 heteroatoms. The third kappa shape index (κ3) is 1.09. The van der Waals surface area contributed by atoms with Crippen molar-refractivity contribution in [3.63, 3.8) is 0 Å². The summed E-state index contributed by atoms with van der Waals surface area (Å²) in [4.78, 5) is 13.0. The lowest BCUT2D eigenvalue weighted by Gasteiger charge is -2.11. The third-order valence-electron chi connectivity index (χ3n) is 1.95. The van der Waals surface area contributed by atoms with Crippen molar-refractivity contribution in [1.82, 2.24) is 4.90 Å². The fraction of sp³-hybridized carbons (Fsp3) is 0.833. The highest BCUT2D eigenvalue weighted by atomic mass is 16.2. The fourth-order valence-corrected chi connectivity index (χ4v) is 1.21. The van der Waals surface area contributed by atoms with Crippen LogP contribution in [0.2, 0.25) is 0 Å². The van der Waals surface area contributed by atoms with Crippen molar-refractivity contribution in [3.8, 4) is 0 Å². The Bertz CT molecular complexity index is 126. The van der Waals surface area contributed by atoms with Crippen molar-refractivity contribution in [2.75, 3.05) is 13.0 Å². The lowest BCUT2D eigenvalue weighted by molar-refractivity contribution is -0.129. The average molecular weight is 125 g/mol. The van der Waals surface area contributed by atoms with Crippen molar-refractivity contribution in [3.05, 3.63) is 0 Å². The topological polar surface area (TPSA) is 20.3 Å². The van der Waals surface area contributed by atoms with Crippen molar-refractivity contribution in [1.29, 1.82) is 0 Å². The van der Waals surface area contributed by atoms with E-state index in [2.05, 4.69) is 0 Å². The van der Waals surface area contributed by atoms with Crippen LogP contribution in [-0.2, 0) is 4.79 Å². The number of hydrogen-bond donors (Lipinski definition) is 0. The molecule has 1 atom stereocenters. The van der Waals surface area contributed by atoms with Crippen LogP contribution in [0.4, 0.5) is 0 Å². The van der Waals surface area contributed by atoms with Crippen LogP contribution in [0, 0.1) is 5.92 Å². The first-order valence-electron chi connectivity index (χ1n) is 3.54. The van der Waals surface area contributed by atoms with Crippen LogP contribution >= 0.6 is 0 Å². The first-order chi connectivity index (χ1) is 4.25. The Morgan fingerprint density at radius 2 is 2.56 bits per heavy atom. The van der Waals surface area contributed by atoms with Gasteiger partial charge in [0.25, 0.3) is 0 Å². The first kappa shape index (κ1) is 6.65. The number of amides is 1. The summed E-state index contributed by atoms with van der Waals surface area (Å²) < 4.78 is 0. The monoisotopic (exact) mass is 125 g/mol. The summed E-state index contributed by atoms with van der Waals surface area (Å²) in [5.41, 5.74) is 0. The molecule has 1 saturated heterocycles. The third-order valence-corrected chi connectivity index (χ3v) is 1.95. The lowest BCUT2D eigenvalue weighted by Crippen LogP contribution is -2.27. The molecule has 0 spiro atoms. The van der Waals surface area contributed by atoms with E-state index in [0.717, 1.165) is 19.4 Å². The van der Waals surface area contributed by atoms with Gasteiger partial charge in [0, 0.05) is 12.5 Å². The Kier molecular flexibility index (Phi) is 1.79. The maximum absolute atomic E-state index is 11.1. The van der Waals surface area contributed by atoms with Crippen LogP contribution in [0.25, 0.3) is 0 Å². The van der Waals surface area contributed by atoms with Gasteiger partial charge >= 0.3 is 0 Å². The molecule has 1 rings (SSSR count). The van der Waals surface area contributed by atoms with E-state index < -0.39 is 0 Å². The minimum Gasteiger partial charge on any atom is -0.351 e. The van der Waals surface area contributed by atoms with Crippen LogP contribution in [-0.4, -0.2) is 31.6 Å². The SMILES string of the molecule is BCN1CCC(C)C1=O. The van der Waals surface area contributed by atoms with Crippen molar-refractivity contribution < 1.29 is 4.79 Å². The molecular formula is C6H12BNO. The zero-order valence-electron chi connectivity index (χ0n) is 6.05. The Labute approximate surface area is 56.6 Å². The summed E-state index contributed by atoms with van der Waals surface area (Å²) >= 11 is 0. The minimum atomic E-state index is 0.282.